The van der Waals surface area contributed by atoms with Gasteiger partial charge in [0, 0.05) is 24.3 Å². The van der Waals surface area contributed by atoms with Crippen LogP contribution in [0, 0.1) is 5.92 Å². The molecule has 2 aliphatic rings. The smallest absolute Gasteiger partial charge is 0.261 e. The Hall–Kier alpha value is -2.33. The standard InChI is InChI=1S/C22H24ClN3O/c1-25-21(13-10-16-8-11-18(23)12-9-16)19(15-24-25)22(27)26-14-4-6-17-5-2-3-7-20(17)26/h7-13,15,17H,2-6,14H2,1H3. The Bertz CT molecular complexity index is 895. The Labute approximate surface area is 165 Å². The van der Waals surface area contributed by atoms with Crippen molar-refractivity contribution in [2.75, 3.05) is 6.54 Å². The van der Waals surface area contributed by atoms with Crippen molar-refractivity contribution in [2.24, 2.45) is 13.0 Å². The van der Waals surface area contributed by atoms with Gasteiger partial charge in [0.2, 0.25) is 0 Å². The highest BCUT2D eigenvalue weighted by Gasteiger charge is 2.32. The van der Waals surface area contributed by atoms with Gasteiger partial charge in [-0.25, -0.2) is 0 Å². The number of benzene rings is 1. The van der Waals surface area contributed by atoms with E-state index in [2.05, 4.69) is 11.2 Å². The fourth-order valence-electron chi connectivity index (χ4n) is 4.10. The second-order valence-electron chi connectivity index (χ2n) is 7.31. The summed E-state index contributed by atoms with van der Waals surface area (Å²) in [6, 6.07) is 7.64. The molecule has 1 fully saturated rings. The zero-order valence-electron chi connectivity index (χ0n) is 15.6. The highest BCUT2D eigenvalue weighted by molar-refractivity contribution is 6.30. The number of rotatable bonds is 3. The maximum absolute atomic E-state index is 13.3. The first kappa shape index (κ1) is 18.1. The molecule has 0 radical (unpaired) electrons. The van der Waals surface area contributed by atoms with Crippen LogP contribution in [0.15, 0.2) is 42.2 Å². The van der Waals surface area contributed by atoms with Gasteiger partial charge < -0.3 is 4.90 Å². The third kappa shape index (κ3) is 3.72. The van der Waals surface area contributed by atoms with E-state index in [-0.39, 0.29) is 5.91 Å². The van der Waals surface area contributed by atoms with Crippen molar-refractivity contribution < 1.29 is 4.79 Å². The Balaban J connectivity index is 1.61. The van der Waals surface area contributed by atoms with E-state index in [1.807, 2.05) is 48.4 Å². The van der Waals surface area contributed by atoms with Crippen LogP contribution in [-0.2, 0) is 7.05 Å². The lowest BCUT2D eigenvalue weighted by molar-refractivity contribution is 0.0748. The van der Waals surface area contributed by atoms with Crippen LogP contribution < -0.4 is 0 Å². The Morgan fingerprint density at radius 1 is 1.19 bits per heavy atom. The quantitative estimate of drug-likeness (QED) is 0.736. The van der Waals surface area contributed by atoms with Crippen molar-refractivity contribution in [2.45, 2.75) is 32.1 Å². The van der Waals surface area contributed by atoms with Gasteiger partial charge in [-0.3, -0.25) is 9.48 Å². The van der Waals surface area contributed by atoms with Crippen LogP contribution in [0.2, 0.25) is 5.02 Å². The molecule has 5 heteroatoms. The third-order valence-electron chi connectivity index (χ3n) is 5.54. The monoisotopic (exact) mass is 381 g/mol. The minimum absolute atomic E-state index is 0.0664. The number of likely N-dealkylation sites (tertiary alicyclic amines) is 1. The van der Waals surface area contributed by atoms with Gasteiger partial charge in [-0.2, -0.15) is 5.10 Å². The topological polar surface area (TPSA) is 38.1 Å². The van der Waals surface area contributed by atoms with Gasteiger partial charge in [0.1, 0.15) is 0 Å². The average molecular weight is 382 g/mol. The van der Waals surface area contributed by atoms with Gasteiger partial charge in [-0.05, 0) is 61.8 Å². The summed E-state index contributed by atoms with van der Waals surface area (Å²) < 4.78 is 1.76. The third-order valence-corrected chi connectivity index (χ3v) is 5.79. The molecule has 1 aromatic heterocycles. The van der Waals surface area contributed by atoms with Crippen LogP contribution in [0.5, 0.6) is 0 Å². The molecule has 27 heavy (non-hydrogen) atoms. The highest BCUT2D eigenvalue weighted by atomic mass is 35.5. The Kier molecular flexibility index (Phi) is 5.17. The lowest BCUT2D eigenvalue weighted by Crippen LogP contribution is -2.39. The highest BCUT2D eigenvalue weighted by Crippen LogP contribution is 2.36. The first-order valence-electron chi connectivity index (χ1n) is 9.61. The minimum atomic E-state index is 0.0664. The van der Waals surface area contributed by atoms with E-state index >= 15 is 0 Å². The van der Waals surface area contributed by atoms with Crippen LogP contribution in [0.25, 0.3) is 12.2 Å². The number of piperidine rings is 1. The number of aromatic nitrogens is 2. The molecule has 1 saturated heterocycles. The van der Waals surface area contributed by atoms with E-state index < -0.39 is 0 Å². The van der Waals surface area contributed by atoms with Crippen molar-refractivity contribution in [3.63, 3.8) is 0 Å². The van der Waals surface area contributed by atoms with Gasteiger partial charge in [0.25, 0.3) is 5.91 Å². The number of hydrogen-bond acceptors (Lipinski definition) is 2. The minimum Gasteiger partial charge on any atom is -0.312 e. The zero-order chi connectivity index (χ0) is 18.8. The predicted octanol–water partition coefficient (Wildman–Crippen LogP) is 5.16. The molecule has 0 bridgehead atoms. The fourth-order valence-corrected chi connectivity index (χ4v) is 4.23. The summed E-state index contributed by atoms with van der Waals surface area (Å²) in [7, 11) is 1.87. The van der Waals surface area contributed by atoms with Crippen molar-refractivity contribution in [1.29, 1.82) is 0 Å². The first-order chi connectivity index (χ1) is 13.1. The van der Waals surface area contributed by atoms with E-state index in [4.69, 9.17) is 11.6 Å². The fraction of sp³-hybridized carbons (Fsp3) is 0.364. The van der Waals surface area contributed by atoms with E-state index in [9.17, 15) is 4.79 Å². The van der Waals surface area contributed by atoms with E-state index in [0.29, 0.717) is 16.5 Å². The van der Waals surface area contributed by atoms with Gasteiger partial charge in [-0.1, -0.05) is 35.9 Å². The van der Waals surface area contributed by atoms with E-state index in [1.165, 1.54) is 25.0 Å². The normalized spacial score (nSPS) is 19.9. The van der Waals surface area contributed by atoms with Crippen molar-refractivity contribution in [1.82, 2.24) is 14.7 Å². The molecular weight excluding hydrogens is 358 g/mol. The molecule has 4 rings (SSSR count). The molecule has 2 heterocycles. The number of amides is 1. The first-order valence-corrected chi connectivity index (χ1v) is 9.99. The van der Waals surface area contributed by atoms with Crippen LogP contribution in [0.4, 0.5) is 0 Å². The SMILES string of the molecule is Cn1ncc(C(=O)N2CCCC3CCCC=C32)c1C=Cc1ccc(Cl)cc1. The van der Waals surface area contributed by atoms with E-state index in [0.717, 1.165) is 30.6 Å². The lowest BCUT2D eigenvalue weighted by Gasteiger charge is -2.38. The predicted molar refractivity (Wildman–Crippen MR) is 109 cm³/mol. The number of aryl methyl sites for hydroxylation is 1. The van der Waals surface area contributed by atoms with Crippen LogP contribution in [0.3, 0.4) is 0 Å². The number of carbonyl (C=O) groups is 1. The molecule has 140 valence electrons. The van der Waals surface area contributed by atoms with Gasteiger partial charge in [0.15, 0.2) is 0 Å². The summed E-state index contributed by atoms with van der Waals surface area (Å²) in [5, 5.41) is 5.05. The number of halogens is 1. The largest absolute Gasteiger partial charge is 0.312 e. The lowest BCUT2D eigenvalue weighted by atomic mass is 9.84. The van der Waals surface area contributed by atoms with Crippen LogP contribution in [-0.4, -0.2) is 27.1 Å². The van der Waals surface area contributed by atoms with Gasteiger partial charge in [-0.15, -0.1) is 0 Å². The average Bonchev–Trinajstić information content (AvgIpc) is 3.07. The maximum atomic E-state index is 13.3. The summed E-state index contributed by atoms with van der Waals surface area (Å²) in [6.45, 7) is 0.802. The number of carbonyl (C=O) groups excluding carboxylic acids is 1. The number of fused-ring (bicyclic) bond motifs is 1. The summed E-state index contributed by atoms with van der Waals surface area (Å²) in [5.74, 6) is 0.609. The number of allylic oxidation sites excluding steroid dienone is 2. The number of nitrogens with zero attached hydrogens (tertiary/aromatic N) is 3. The molecule has 1 atom stereocenters. The van der Waals surface area contributed by atoms with Gasteiger partial charge >= 0.3 is 0 Å². The summed E-state index contributed by atoms with van der Waals surface area (Å²) in [6.07, 6.45) is 13.7. The van der Waals surface area contributed by atoms with Crippen molar-refractivity contribution in [3.8, 4) is 0 Å². The van der Waals surface area contributed by atoms with Gasteiger partial charge in [0.05, 0.1) is 17.5 Å². The Morgan fingerprint density at radius 2 is 1.96 bits per heavy atom. The molecule has 4 nitrogen and oxygen atoms in total. The van der Waals surface area contributed by atoms with Crippen LogP contribution in [0.1, 0.15) is 53.7 Å². The number of hydrogen-bond donors (Lipinski definition) is 0. The second kappa shape index (κ2) is 7.73. The molecular formula is C22H24ClN3O. The van der Waals surface area contributed by atoms with Crippen molar-refractivity contribution >= 4 is 29.7 Å². The van der Waals surface area contributed by atoms with Crippen molar-refractivity contribution in [3.05, 3.63) is 64.1 Å². The zero-order valence-corrected chi connectivity index (χ0v) is 16.3. The Morgan fingerprint density at radius 3 is 2.78 bits per heavy atom. The summed E-state index contributed by atoms with van der Waals surface area (Å²) in [4.78, 5) is 15.3. The molecule has 0 spiro atoms. The van der Waals surface area contributed by atoms with Crippen LogP contribution >= 0.6 is 11.6 Å². The molecule has 1 aliphatic carbocycles. The van der Waals surface area contributed by atoms with E-state index in [1.54, 1.807) is 10.9 Å². The molecule has 2 aromatic rings. The second-order valence-corrected chi connectivity index (χ2v) is 7.74. The molecule has 0 N–H and O–H groups in total. The molecule has 0 saturated carbocycles. The molecule has 1 aliphatic heterocycles. The molecule has 1 unspecified atom stereocenters. The molecule has 1 aromatic carbocycles. The summed E-state index contributed by atoms with van der Waals surface area (Å²) in [5.41, 5.74) is 3.75. The summed E-state index contributed by atoms with van der Waals surface area (Å²) >= 11 is 5.95. The maximum Gasteiger partial charge on any atom is 0.261 e. The molecule has 1 amide bonds.